The highest BCUT2D eigenvalue weighted by Crippen LogP contribution is 2.27. The number of anilines is 1. The number of aromatic nitrogens is 2. The molecule has 2 aromatic rings. The second kappa shape index (κ2) is 3.58. The van der Waals surface area contributed by atoms with Gasteiger partial charge in [-0.3, -0.25) is 9.69 Å². The molecule has 1 aromatic heterocycles. The largest absolute Gasteiger partial charge is 0.310 e. The van der Waals surface area contributed by atoms with Crippen LogP contribution in [-0.2, 0) is 11.3 Å². The van der Waals surface area contributed by atoms with Gasteiger partial charge >= 0.3 is 0 Å². The van der Waals surface area contributed by atoms with E-state index in [2.05, 4.69) is 15.6 Å². The van der Waals surface area contributed by atoms with Crippen LogP contribution in [0.15, 0.2) is 24.3 Å². The van der Waals surface area contributed by atoms with Gasteiger partial charge in [0.2, 0.25) is 11.9 Å². The number of fused-ring (bicyclic) bond motifs is 3. The number of benzene rings is 1. The van der Waals surface area contributed by atoms with Crippen molar-refractivity contribution < 1.29 is 4.79 Å². The predicted octanol–water partition coefficient (Wildman–Crippen LogP) is 2.04. The molecule has 0 radical (unpaired) electrons. The molecule has 3 rings (SSSR count). The Kier molecular flexibility index (Phi) is 2.18. The van der Waals surface area contributed by atoms with Crippen LogP contribution in [-0.4, -0.2) is 22.5 Å². The number of carbonyl (C=O) groups excluding carboxylic acids is 1. The maximum absolute atomic E-state index is 12.1. The van der Waals surface area contributed by atoms with Crippen molar-refractivity contribution in [2.24, 2.45) is 5.92 Å². The summed E-state index contributed by atoms with van der Waals surface area (Å²) in [6.07, 6.45) is 0.872. The summed E-state index contributed by atoms with van der Waals surface area (Å²) >= 11 is 0. The first kappa shape index (κ1) is 10.3. The van der Waals surface area contributed by atoms with Crippen LogP contribution in [0.25, 0.3) is 11.0 Å². The molecule has 0 N–H and O–H groups in total. The van der Waals surface area contributed by atoms with Gasteiger partial charge in [0.25, 0.3) is 0 Å². The molecule has 1 atom stereocenters. The number of nitrogens with zero attached hydrogens (tertiary/aromatic N) is 3. The Labute approximate surface area is 99.9 Å². The van der Waals surface area contributed by atoms with E-state index in [1.165, 1.54) is 0 Å². The lowest BCUT2D eigenvalue weighted by atomic mass is 10.1. The Morgan fingerprint density at radius 2 is 2.12 bits per heavy atom. The van der Waals surface area contributed by atoms with Crippen molar-refractivity contribution in [3.63, 3.8) is 0 Å². The number of amides is 1. The Bertz CT molecular complexity index is 587. The van der Waals surface area contributed by atoms with Crippen LogP contribution in [0, 0.1) is 5.92 Å². The maximum Gasteiger partial charge on any atom is 0.231 e. The summed E-state index contributed by atoms with van der Waals surface area (Å²) in [7, 11) is 1.81. The second-order valence-corrected chi connectivity index (χ2v) is 4.64. The second-order valence-electron chi connectivity index (χ2n) is 4.64. The molecule has 4 nitrogen and oxygen atoms in total. The quantitative estimate of drug-likeness (QED) is 0.693. The van der Waals surface area contributed by atoms with E-state index in [9.17, 15) is 4.79 Å². The number of para-hydroxylation sites is 2. The molecule has 1 aliphatic heterocycles. The fourth-order valence-corrected chi connectivity index (χ4v) is 2.41. The third kappa shape index (κ3) is 1.44. The Morgan fingerprint density at radius 1 is 1.35 bits per heavy atom. The van der Waals surface area contributed by atoms with Crippen LogP contribution in [0.3, 0.4) is 0 Å². The van der Waals surface area contributed by atoms with Gasteiger partial charge in [-0.1, -0.05) is 19.1 Å². The Balaban J connectivity index is 2.23. The van der Waals surface area contributed by atoms with Crippen molar-refractivity contribution in [3.8, 4) is 0 Å². The zero-order chi connectivity index (χ0) is 12.0. The summed E-state index contributed by atoms with van der Waals surface area (Å²) in [4.78, 5) is 18.3. The minimum absolute atomic E-state index is 0.0699. The molecule has 0 spiro atoms. The van der Waals surface area contributed by atoms with Crippen LogP contribution in [0.2, 0.25) is 0 Å². The third-order valence-corrected chi connectivity index (χ3v) is 3.47. The highest BCUT2D eigenvalue weighted by Gasteiger charge is 2.27. The molecule has 0 fully saturated rings. The highest BCUT2D eigenvalue weighted by atomic mass is 16.2. The van der Waals surface area contributed by atoms with Crippen molar-refractivity contribution in [3.05, 3.63) is 24.3 Å². The van der Waals surface area contributed by atoms with Gasteiger partial charge in [0.05, 0.1) is 11.0 Å². The van der Waals surface area contributed by atoms with Gasteiger partial charge in [-0.05, 0) is 18.6 Å². The molecular formula is C13H15N3O. The first-order valence-corrected chi connectivity index (χ1v) is 5.91. The molecule has 1 aromatic carbocycles. The minimum Gasteiger partial charge on any atom is -0.310 e. The van der Waals surface area contributed by atoms with Crippen molar-refractivity contribution in [2.75, 3.05) is 11.9 Å². The maximum atomic E-state index is 12.1. The molecule has 17 heavy (non-hydrogen) atoms. The van der Waals surface area contributed by atoms with Crippen LogP contribution in [0.4, 0.5) is 5.95 Å². The SMILES string of the molecule is CC1CCn2c(nc3ccccc32)N(C)C1=O. The lowest BCUT2D eigenvalue weighted by Gasteiger charge is -2.15. The topological polar surface area (TPSA) is 38.1 Å². The first-order chi connectivity index (χ1) is 8.18. The number of hydrogen-bond donors (Lipinski definition) is 0. The zero-order valence-electron chi connectivity index (χ0n) is 10.1. The van der Waals surface area contributed by atoms with Crippen LogP contribution in [0.1, 0.15) is 13.3 Å². The monoisotopic (exact) mass is 229 g/mol. The summed E-state index contributed by atoms with van der Waals surface area (Å²) in [6.45, 7) is 2.83. The van der Waals surface area contributed by atoms with Gasteiger partial charge in [0, 0.05) is 19.5 Å². The average Bonchev–Trinajstić information content (AvgIpc) is 2.68. The van der Waals surface area contributed by atoms with Crippen molar-refractivity contribution in [1.29, 1.82) is 0 Å². The molecule has 2 heterocycles. The minimum atomic E-state index is 0.0699. The summed E-state index contributed by atoms with van der Waals surface area (Å²) < 4.78 is 2.14. The van der Waals surface area contributed by atoms with Crippen molar-refractivity contribution >= 4 is 22.9 Å². The molecule has 0 saturated carbocycles. The number of hydrogen-bond acceptors (Lipinski definition) is 2. The van der Waals surface area contributed by atoms with Gasteiger partial charge in [0.15, 0.2) is 0 Å². The van der Waals surface area contributed by atoms with E-state index < -0.39 is 0 Å². The average molecular weight is 229 g/mol. The lowest BCUT2D eigenvalue weighted by Crippen LogP contribution is -2.31. The van der Waals surface area contributed by atoms with Crippen molar-refractivity contribution in [2.45, 2.75) is 19.9 Å². The van der Waals surface area contributed by atoms with Crippen LogP contribution < -0.4 is 4.90 Å². The Morgan fingerprint density at radius 3 is 2.94 bits per heavy atom. The van der Waals surface area contributed by atoms with E-state index in [-0.39, 0.29) is 11.8 Å². The summed E-state index contributed by atoms with van der Waals surface area (Å²) in [5.41, 5.74) is 2.06. The normalized spacial score (nSPS) is 20.5. The van der Waals surface area contributed by atoms with E-state index in [0.29, 0.717) is 0 Å². The number of carbonyl (C=O) groups is 1. The highest BCUT2D eigenvalue weighted by molar-refractivity contribution is 5.95. The standard InChI is InChI=1S/C13H15N3O/c1-9-7-8-16-11-6-4-3-5-10(11)14-13(16)15(2)12(9)17/h3-6,9H,7-8H2,1-2H3. The number of imidazole rings is 1. The molecule has 0 bridgehead atoms. The van der Waals surface area contributed by atoms with Gasteiger partial charge in [0.1, 0.15) is 0 Å². The van der Waals surface area contributed by atoms with E-state index >= 15 is 0 Å². The molecule has 0 aliphatic carbocycles. The molecule has 4 heteroatoms. The fourth-order valence-electron chi connectivity index (χ4n) is 2.41. The number of aryl methyl sites for hydroxylation is 1. The first-order valence-electron chi connectivity index (χ1n) is 5.91. The van der Waals surface area contributed by atoms with Crippen LogP contribution in [0.5, 0.6) is 0 Å². The molecule has 1 amide bonds. The molecule has 1 aliphatic rings. The number of rotatable bonds is 0. The van der Waals surface area contributed by atoms with Gasteiger partial charge in [-0.2, -0.15) is 0 Å². The third-order valence-electron chi connectivity index (χ3n) is 3.47. The summed E-state index contributed by atoms with van der Waals surface area (Å²) in [5.74, 6) is 0.986. The Hall–Kier alpha value is -1.84. The van der Waals surface area contributed by atoms with Crippen molar-refractivity contribution in [1.82, 2.24) is 9.55 Å². The van der Waals surface area contributed by atoms with Crippen LogP contribution >= 0.6 is 0 Å². The van der Waals surface area contributed by atoms with E-state index in [1.54, 1.807) is 4.90 Å². The summed E-state index contributed by atoms with van der Waals surface area (Å²) in [5, 5.41) is 0. The van der Waals surface area contributed by atoms with E-state index in [4.69, 9.17) is 0 Å². The molecule has 88 valence electrons. The fraction of sp³-hybridized carbons (Fsp3) is 0.385. The molecule has 0 saturated heterocycles. The molecule has 1 unspecified atom stereocenters. The van der Waals surface area contributed by atoms with E-state index in [0.717, 1.165) is 29.9 Å². The lowest BCUT2D eigenvalue weighted by molar-refractivity contribution is -0.121. The predicted molar refractivity (Wildman–Crippen MR) is 66.9 cm³/mol. The smallest absolute Gasteiger partial charge is 0.231 e. The zero-order valence-corrected chi connectivity index (χ0v) is 10.1. The summed E-state index contributed by atoms with van der Waals surface area (Å²) in [6, 6.07) is 8.02. The van der Waals surface area contributed by atoms with E-state index in [1.807, 2.05) is 32.2 Å². The molecular weight excluding hydrogens is 214 g/mol. The van der Waals surface area contributed by atoms with Gasteiger partial charge in [-0.25, -0.2) is 4.98 Å². The van der Waals surface area contributed by atoms with Gasteiger partial charge < -0.3 is 4.57 Å². The van der Waals surface area contributed by atoms with Gasteiger partial charge in [-0.15, -0.1) is 0 Å².